The predicted molar refractivity (Wildman–Crippen MR) is 149 cm³/mol. The second kappa shape index (κ2) is 12.5. The molecule has 1 atom stereocenters. The Morgan fingerprint density at radius 3 is 2.39 bits per heavy atom. The number of amides is 2. The van der Waals surface area contributed by atoms with Gasteiger partial charge in [0.15, 0.2) is 0 Å². The number of anilines is 1. The van der Waals surface area contributed by atoms with Crippen LogP contribution < -0.4 is 15.4 Å². The van der Waals surface area contributed by atoms with Crippen molar-refractivity contribution in [1.29, 1.82) is 0 Å². The van der Waals surface area contributed by atoms with Crippen molar-refractivity contribution in [1.82, 2.24) is 25.1 Å². The van der Waals surface area contributed by atoms with Gasteiger partial charge in [-0.3, -0.25) is 9.59 Å². The Hall–Kier alpha value is -3.98. The molecule has 1 aromatic heterocycles. The van der Waals surface area contributed by atoms with Crippen molar-refractivity contribution in [3.63, 3.8) is 0 Å². The van der Waals surface area contributed by atoms with E-state index in [2.05, 4.69) is 39.5 Å². The molecule has 4 rings (SSSR count). The van der Waals surface area contributed by atoms with Gasteiger partial charge in [-0.05, 0) is 49.2 Å². The van der Waals surface area contributed by atoms with Crippen molar-refractivity contribution >= 4 is 17.6 Å². The summed E-state index contributed by atoms with van der Waals surface area (Å²) >= 11 is 0. The summed E-state index contributed by atoms with van der Waals surface area (Å²) in [5.41, 5.74) is 4.04. The molecule has 1 saturated heterocycles. The lowest BCUT2D eigenvalue weighted by Gasteiger charge is -2.32. The van der Waals surface area contributed by atoms with E-state index in [0.717, 1.165) is 55.2 Å². The first-order valence-corrected chi connectivity index (χ1v) is 12.9. The van der Waals surface area contributed by atoms with Crippen LogP contribution in [0.25, 0.3) is 11.3 Å². The number of ether oxygens (including phenoxy) is 1. The van der Waals surface area contributed by atoms with Crippen LogP contribution in [0.3, 0.4) is 0 Å². The highest BCUT2D eigenvalue weighted by molar-refractivity contribution is 5.95. The lowest BCUT2D eigenvalue weighted by atomic mass is 9.95. The summed E-state index contributed by atoms with van der Waals surface area (Å²) in [4.78, 5) is 37.7. The fraction of sp³-hybridized carbons (Fsp3) is 0.379. The molecule has 1 aliphatic heterocycles. The number of hydrogen-bond acceptors (Lipinski definition) is 7. The van der Waals surface area contributed by atoms with Gasteiger partial charge in [-0.1, -0.05) is 25.1 Å². The summed E-state index contributed by atoms with van der Waals surface area (Å²) in [5.74, 6) is 1.59. The zero-order valence-electron chi connectivity index (χ0n) is 22.5. The lowest BCUT2D eigenvalue weighted by molar-refractivity contribution is 0.0664. The Bertz CT molecular complexity index is 1260. The molecule has 0 saturated carbocycles. The number of carbonyl (C=O) groups is 2. The van der Waals surface area contributed by atoms with E-state index in [1.165, 1.54) is 0 Å². The fourth-order valence-electron chi connectivity index (χ4n) is 4.56. The third kappa shape index (κ3) is 6.47. The van der Waals surface area contributed by atoms with Crippen molar-refractivity contribution in [3.05, 3.63) is 71.5 Å². The van der Waals surface area contributed by atoms with Gasteiger partial charge in [-0.2, -0.15) is 0 Å². The highest BCUT2D eigenvalue weighted by Gasteiger charge is 2.20. The van der Waals surface area contributed by atoms with Crippen LogP contribution in [0, 0.1) is 0 Å². The number of benzene rings is 2. The smallest absolute Gasteiger partial charge is 0.253 e. The first-order valence-electron chi connectivity index (χ1n) is 12.9. The summed E-state index contributed by atoms with van der Waals surface area (Å²) in [6, 6.07) is 15.1. The molecule has 2 heterocycles. The quantitative estimate of drug-likeness (QED) is 0.449. The molecule has 1 fully saturated rings. The molecule has 0 radical (unpaired) electrons. The normalized spacial score (nSPS) is 14.6. The Morgan fingerprint density at radius 1 is 1.00 bits per heavy atom. The Morgan fingerprint density at radius 2 is 1.71 bits per heavy atom. The van der Waals surface area contributed by atoms with Crippen LogP contribution in [-0.2, 0) is 0 Å². The van der Waals surface area contributed by atoms with Crippen LogP contribution in [0.5, 0.6) is 5.75 Å². The third-order valence-corrected chi connectivity index (χ3v) is 7.02. The second-order valence-corrected chi connectivity index (χ2v) is 9.61. The van der Waals surface area contributed by atoms with E-state index in [0.29, 0.717) is 23.4 Å². The van der Waals surface area contributed by atoms with Crippen LogP contribution in [0.2, 0.25) is 0 Å². The fourth-order valence-corrected chi connectivity index (χ4v) is 4.56. The molecule has 0 spiro atoms. The van der Waals surface area contributed by atoms with Gasteiger partial charge in [0, 0.05) is 62.5 Å². The molecule has 38 heavy (non-hydrogen) atoms. The maximum atomic E-state index is 12.8. The maximum Gasteiger partial charge on any atom is 0.253 e. The summed E-state index contributed by atoms with van der Waals surface area (Å²) in [6.07, 6.45) is 2.39. The molecule has 200 valence electrons. The Kier molecular flexibility index (Phi) is 8.91. The van der Waals surface area contributed by atoms with Gasteiger partial charge in [0.1, 0.15) is 17.9 Å². The SMILES string of the molecule is CNC(=O)c1ccc(C(C)CCNc2cc(-c3ccc(C(=O)N4CCN(C)CC4)cc3)ncn2)c(OC)c1. The van der Waals surface area contributed by atoms with Crippen LogP contribution in [0.1, 0.15) is 45.5 Å². The van der Waals surface area contributed by atoms with Gasteiger partial charge in [0.2, 0.25) is 0 Å². The van der Waals surface area contributed by atoms with Crippen LogP contribution >= 0.6 is 0 Å². The van der Waals surface area contributed by atoms with E-state index < -0.39 is 0 Å². The summed E-state index contributed by atoms with van der Waals surface area (Å²) in [7, 11) is 5.31. The number of piperazine rings is 1. The molecule has 2 aromatic carbocycles. The van der Waals surface area contributed by atoms with Gasteiger partial charge in [-0.15, -0.1) is 0 Å². The zero-order chi connectivity index (χ0) is 27.1. The van der Waals surface area contributed by atoms with Crippen LogP contribution in [0.15, 0.2) is 54.9 Å². The molecule has 1 aliphatic rings. The molecular formula is C29H36N6O3. The van der Waals surface area contributed by atoms with Gasteiger partial charge in [0.05, 0.1) is 12.8 Å². The summed E-state index contributed by atoms with van der Waals surface area (Å²) < 4.78 is 5.55. The number of rotatable bonds is 9. The second-order valence-electron chi connectivity index (χ2n) is 9.61. The zero-order valence-corrected chi connectivity index (χ0v) is 22.5. The van der Waals surface area contributed by atoms with E-state index in [1.54, 1.807) is 26.6 Å². The van der Waals surface area contributed by atoms with Gasteiger partial charge in [0.25, 0.3) is 11.8 Å². The number of likely N-dealkylation sites (N-methyl/N-ethyl adjacent to an activating group) is 1. The first kappa shape index (κ1) is 27.1. The van der Waals surface area contributed by atoms with Gasteiger partial charge < -0.3 is 25.2 Å². The molecule has 2 N–H and O–H groups in total. The average molecular weight is 517 g/mol. The first-order chi connectivity index (χ1) is 18.4. The van der Waals surface area contributed by atoms with E-state index >= 15 is 0 Å². The summed E-state index contributed by atoms with van der Waals surface area (Å²) in [5, 5.41) is 6.02. The highest BCUT2D eigenvalue weighted by Crippen LogP contribution is 2.30. The van der Waals surface area contributed by atoms with E-state index in [4.69, 9.17) is 4.74 Å². The van der Waals surface area contributed by atoms with E-state index in [-0.39, 0.29) is 17.7 Å². The Labute approximate surface area is 224 Å². The number of hydrogen-bond donors (Lipinski definition) is 2. The van der Waals surface area contributed by atoms with Crippen molar-refractivity contribution in [2.24, 2.45) is 0 Å². The monoisotopic (exact) mass is 516 g/mol. The largest absolute Gasteiger partial charge is 0.496 e. The molecule has 9 nitrogen and oxygen atoms in total. The minimum atomic E-state index is -0.139. The van der Waals surface area contributed by atoms with Crippen molar-refractivity contribution in [2.45, 2.75) is 19.3 Å². The molecule has 0 bridgehead atoms. The van der Waals surface area contributed by atoms with E-state index in [1.807, 2.05) is 47.4 Å². The topological polar surface area (TPSA) is 99.7 Å². The van der Waals surface area contributed by atoms with Crippen LogP contribution in [0.4, 0.5) is 5.82 Å². The van der Waals surface area contributed by atoms with Gasteiger partial charge in [-0.25, -0.2) is 9.97 Å². The molecule has 9 heteroatoms. The minimum Gasteiger partial charge on any atom is -0.496 e. The Balaban J connectivity index is 1.35. The predicted octanol–water partition coefficient (Wildman–Crippen LogP) is 3.51. The average Bonchev–Trinajstić information content (AvgIpc) is 2.96. The molecule has 2 amide bonds. The third-order valence-electron chi connectivity index (χ3n) is 7.02. The van der Waals surface area contributed by atoms with Crippen molar-refractivity contribution in [2.75, 3.05) is 59.2 Å². The molecule has 1 unspecified atom stereocenters. The number of methoxy groups -OCH3 is 1. The molecule has 0 aliphatic carbocycles. The lowest BCUT2D eigenvalue weighted by Crippen LogP contribution is -2.47. The number of nitrogens with one attached hydrogen (secondary N) is 2. The van der Waals surface area contributed by atoms with Crippen LogP contribution in [-0.4, -0.2) is 85.5 Å². The maximum absolute atomic E-state index is 12.8. The molecular weight excluding hydrogens is 480 g/mol. The van der Waals surface area contributed by atoms with E-state index in [9.17, 15) is 9.59 Å². The van der Waals surface area contributed by atoms with Crippen molar-refractivity contribution < 1.29 is 14.3 Å². The summed E-state index contributed by atoms with van der Waals surface area (Å²) in [6.45, 7) is 6.15. The minimum absolute atomic E-state index is 0.0729. The number of nitrogens with zero attached hydrogens (tertiary/aromatic N) is 4. The standard InChI is InChI=1S/C29H36N6O3/c1-20(24-10-9-23(28(36)30-2)17-26(24)38-4)11-12-31-27-18-25(32-19-33-27)21-5-7-22(8-6-21)29(37)35-15-13-34(3)14-16-35/h5-10,17-20H,11-16H2,1-4H3,(H,30,36)(H,31,32,33). The molecule has 3 aromatic rings. The highest BCUT2D eigenvalue weighted by atomic mass is 16.5. The number of carbonyl (C=O) groups excluding carboxylic acids is 2. The van der Waals surface area contributed by atoms with Gasteiger partial charge >= 0.3 is 0 Å². The van der Waals surface area contributed by atoms with Crippen molar-refractivity contribution in [3.8, 4) is 17.0 Å². The number of aromatic nitrogens is 2.